The highest BCUT2D eigenvalue weighted by Crippen LogP contribution is 2.43. The number of halogens is 1. The number of aliphatic hydroxyl groups is 1. The lowest BCUT2D eigenvalue weighted by atomic mass is 9.79. The number of non-ortho nitro benzene ring substituents is 1. The van der Waals surface area contributed by atoms with Gasteiger partial charge in [-0.3, -0.25) is 14.9 Å². The molecule has 2 unspecified atom stereocenters. The van der Waals surface area contributed by atoms with Crippen LogP contribution in [0.3, 0.4) is 0 Å². The fourth-order valence-corrected chi connectivity index (χ4v) is 6.83. The monoisotopic (exact) mass is 690 g/mol. The van der Waals surface area contributed by atoms with Gasteiger partial charge in [0.1, 0.15) is 22.1 Å². The van der Waals surface area contributed by atoms with E-state index in [1.807, 2.05) is 26.8 Å². The van der Waals surface area contributed by atoms with E-state index in [1.165, 1.54) is 36.4 Å². The third-order valence-electron chi connectivity index (χ3n) is 8.82. The summed E-state index contributed by atoms with van der Waals surface area (Å²) in [7, 11) is 0. The molecule has 3 aromatic carbocycles. The van der Waals surface area contributed by atoms with Gasteiger partial charge in [-0.25, -0.2) is 9.18 Å². The zero-order valence-electron chi connectivity index (χ0n) is 27.4. The molecule has 3 amide bonds. The van der Waals surface area contributed by atoms with Crippen molar-refractivity contribution in [1.29, 1.82) is 5.26 Å². The molecule has 49 heavy (non-hydrogen) atoms. The van der Waals surface area contributed by atoms with E-state index >= 15 is 4.39 Å². The number of benzene rings is 3. The summed E-state index contributed by atoms with van der Waals surface area (Å²) >= 11 is -1.60. The summed E-state index contributed by atoms with van der Waals surface area (Å²) in [6.45, 7) is 5.34. The second-order valence-corrected chi connectivity index (χ2v) is 15.5. The summed E-state index contributed by atoms with van der Waals surface area (Å²) < 4.78 is 31.9. The minimum Gasteiger partial charge on any atom is -0.598 e. The number of nitriles is 1. The van der Waals surface area contributed by atoms with Crippen molar-refractivity contribution in [2.24, 2.45) is 5.92 Å². The van der Waals surface area contributed by atoms with Crippen molar-refractivity contribution >= 4 is 40.4 Å². The van der Waals surface area contributed by atoms with E-state index in [-0.39, 0.29) is 30.0 Å². The van der Waals surface area contributed by atoms with Gasteiger partial charge in [-0.1, -0.05) is 31.0 Å². The predicted molar refractivity (Wildman–Crippen MR) is 183 cm³/mol. The van der Waals surface area contributed by atoms with Crippen molar-refractivity contribution in [1.82, 2.24) is 9.62 Å². The van der Waals surface area contributed by atoms with Crippen molar-refractivity contribution in [2.75, 3.05) is 17.2 Å². The number of urea groups is 1. The molecule has 1 heterocycles. The van der Waals surface area contributed by atoms with Crippen LogP contribution in [0.4, 0.5) is 26.2 Å². The fraction of sp³-hybridized carbons (Fsp3) is 0.400. The minimum absolute atomic E-state index is 0.0980. The summed E-state index contributed by atoms with van der Waals surface area (Å²) in [5.41, 5.74) is 0.386. The molecule has 0 radical (unpaired) electrons. The molecule has 14 heteroatoms. The van der Waals surface area contributed by atoms with Crippen molar-refractivity contribution in [3.63, 3.8) is 0 Å². The maximum atomic E-state index is 15.5. The quantitative estimate of drug-likeness (QED) is 0.112. The standard InChI is InChI=1S/C35H39FN6O6S/c1-34(2,3)49(48)40-35(16-15-22-7-8-22,24-6-4-5-23(17-24)20-37)25-9-14-29(36)30(18-25)39-32(44)31-19-28(43)21-41(31)33(45)38-26-10-12-27(13-11-26)42(46)47/h4-6,9-14,17-18,22,28,31,40,43H,7-8,15-16,19,21H2,1-3H3,(H,38,45)(H,39,44)/t28-,31-,35?,49?/m1/s1. The number of β-amino-alcohol motifs (C(OH)–C–C–N with tert-alkyl or cyclic N) is 1. The van der Waals surface area contributed by atoms with Gasteiger partial charge < -0.3 is 25.2 Å². The van der Waals surface area contributed by atoms with Crippen LogP contribution in [0.25, 0.3) is 0 Å². The first-order valence-corrected chi connectivity index (χ1v) is 17.2. The Morgan fingerprint density at radius 1 is 1.08 bits per heavy atom. The number of aliphatic hydroxyl groups excluding tert-OH is 1. The maximum absolute atomic E-state index is 15.5. The van der Waals surface area contributed by atoms with Crippen molar-refractivity contribution in [2.45, 2.75) is 75.3 Å². The average molecular weight is 691 g/mol. The van der Waals surface area contributed by atoms with E-state index < -0.39 is 56.5 Å². The molecule has 4 atom stereocenters. The number of amides is 3. The number of hydrogen-bond donors (Lipinski definition) is 4. The van der Waals surface area contributed by atoms with Crippen molar-refractivity contribution in [3.8, 4) is 6.07 Å². The van der Waals surface area contributed by atoms with Gasteiger partial charge in [0.05, 0.1) is 28.3 Å². The molecule has 0 spiro atoms. The number of nitrogens with zero attached hydrogens (tertiary/aromatic N) is 3. The number of rotatable bonds is 11. The van der Waals surface area contributed by atoms with Gasteiger partial charge in [-0.15, -0.1) is 4.72 Å². The van der Waals surface area contributed by atoms with E-state index in [2.05, 4.69) is 21.4 Å². The fourth-order valence-electron chi connectivity index (χ4n) is 5.87. The van der Waals surface area contributed by atoms with Crippen LogP contribution in [0.5, 0.6) is 0 Å². The summed E-state index contributed by atoms with van der Waals surface area (Å²) in [4.78, 5) is 38.4. The van der Waals surface area contributed by atoms with E-state index in [4.69, 9.17) is 0 Å². The molecule has 12 nitrogen and oxygen atoms in total. The number of carbonyl (C=O) groups is 2. The van der Waals surface area contributed by atoms with Crippen LogP contribution in [0, 0.1) is 33.2 Å². The molecule has 1 saturated carbocycles. The number of anilines is 2. The van der Waals surface area contributed by atoms with Crippen LogP contribution >= 0.6 is 0 Å². The van der Waals surface area contributed by atoms with Gasteiger partial charge in [0.25, 0.3) is 5.69 Å². The van der Waals surface area contributed by atoms with Gasteiger partial charge >= 0.3 is 6.03 Å². The van der Waals surface area contributed by atoms with Gasteiger partial charge in [0, 0.05) is 42.1 Å². The average Bonchev–Trinajstić information content (AvgIpc) is 3.82. The predicted octanol–water partition coefficient (Wildman–Crippen LogP) is 5.70. The van der Waals surface area contributed by atoms with E-state index in [1.54, 1.807) is 24.3 Å². The van der Waals surface area contributed by atoms with E-state index in [9.17, 15) is 34.6 Å². The zero-order chi connectivity index (χ0) is 35.5. The molecule has 0 bridgehead atoms. The minimum atomic E-state index is -1.60. The van der Waals surface area contributed by atoms with Crippen LogP contribution < -0.4 is 15.4 Å². The summed E-state index contributed by atoms with van der Waals surface area (Å²) in [5, 5.41) is 36.3. The molecule has 5 rings (SSSR count). The van der Waals surface area contributed by atoms with Gasteiger partial charge in [0.2, 0.25) is 5.91 Å². The van der Waals surface area contributed by atoms with E-state index in [0.29, 0.717) is 29.0 Å². The van der Waals surface area contributed by atoms with Crippen LogP contribution in [-0.4, -0.2) is 54.9 Å². The number of nitrogens with one attached hydrogen (secondary N) is 3. The highest BCUT2D eigenvalue weighted by Gasteiger charge is 2.44. The SMILES string of the molecule is CC(C)(C)[S+]([O-])NC(CCC1CC1)(c1cccc(C#N)c1)c1ccc(F)c(NC(=O)[C@H]2C[C@@H](O)CN2C(=O)Nc2ccc([N+](=O)[O-])cc2)c1. The Morgan fingerprint density at radius 3 is 2.41 bits per heavy atom. The highest BCUT2D eigenvalue weighted by molar-refractivity contribution is 7.90. The van der Waals surface area contributed by atoms with Gasteiger partial charge in [-0.05, 0) is 87.1 Å². The molecular formula is C35H39FN6O6S. The van der Waals surface area contributed by atoms with E-state index in [0.717, 1.165) is 24.2 Å². The largest absolute Gasteiger partial charge is 0.598 e. The molecule has 0 aromatic heterocycles. The normalized spacial score (nSPS) is 19.4. The third-order valence-corrected chi connectivity index (χ3v) is 10.5. The Morgan fingerprint density at radius 2 is 1.78 bits per heavy atom. The number of hydrogen-bond acceptors (Lipinski definition) is 8. The Balaban J connectivity index is 1.46. The molecule has 2 aliphatic rings. The Kier molecular flexibility index (Phi) is 10.6. The molecule has 1 aliphatic heterocycles. The Hall–Kier alpha value is -4.55. The molecular weight excluding hydrogens is 651 g/mol. The molecule has 4 N–H and O–H groups in total. The van der Waals surface area contributed by atoms with Crippen LogP contribution in [0.1, 0.15) is 69.6 Å². The first-order valence-electron chi connectivity index (χ1n) is 16.0. The molecule has 1 aliphatic carbocycles. The zero-order valence-corrected chi connectivity index (χ0v) is 28.3. The van der Waals surface area contributed by atoms with Gasteiger partial charge in [-0.2, -0.15) is 5.26 Å². The third kappa shape index (κ3) is 8.37. The summed E-state index contributed by atoms with van der Waals surface area (Å²) in [6.07, 6.45) is 2.29. The first kappa shape index (κ1) is 35.7. The lowest BCUT2D eigenvalue weighted by Gasteiger charge is -2.39. The van der Waals surface area contributed by atoms with Crippen LogP contribution in [0.2, 0.25) is 0 Å². The van der Waals surface area contributed by atoms with Crippen molar-refractivity contribution in [3.05, 3.63) is 99.4 Å². The summed E-state index contributed by atoms with van der Waals surface area (Å²) in [6, 6.07) is 16.7. The second-order valence-electron chi connectivity index (χ2n) is 13.5. The highest BCUT2D eigenvalue weighted by atomic mass is 32.2. The maximum Gasteiger partial charge on any atom is 0.322 e. The van der Waals surface area contributed by atoms with Crippen molar-refractivity contribution < 1.29 is 28.6 Å². The number of carbonyl (C=O) groups excluding carboxylic acids is 2. The second kappa shape index (κ2) is 14.5. The molecule has 2 fully saturated rings. The molecule has 258 valence electrons. The number of nitro groups is 1. The van der Waals surface area contributed by atoms with Crippen LogP contribution in [0.15, 0.2) is 66.7 Å². The lowest BCUT2D eigenvalue weighted by molar-refractivity contribution is -0.384. The summed E-state index contributed by atoms with van der Waals surface area (Å²) in [5.74, 6) is -0.982. The molecule has 3 aromatic rings. The van der Waals surface area contributed by atoms with Crippen LogP contribution in [-0.2, 0) is 21.7 Å². The topological polar surface area (TPSA) is 184 Å². The Labute approximate surface area is 287 Å². The number of likely N-dealkylation sites (tertiary alicyclic amines) is 1. The van der Waals surface area contributed by atoms with Gasteiger partial charge in [0.15, 0.2) is 0 Å². The first-order chi connectivity index (χ1) is 23.2. The lowest BCUT2D eigenvalue weighted by Crippen LogP contribution is -2.52. The number of nitro benzene ring substituents is 1. The molecule has 1 saturated heterocycles. The smallest absolute Gasteiger partial charge is 0.322 e. The Bertz CT molecular complexity index is 1760.